The quantitative estimate of drug-likeness (QED) is 0.915. The predicted molar refractivity (Wildman–Crippen MR) is 71.5 cm³/mol. The third-order valence-electron chi connectivity index (χ3n) is 2.77. The first-order valence-electron chi connectivity index (χ1n) is 6.04. The number of nitrogens with one attached hydrogen (secondary N) is 1. The molecule has 1 heterocycles. The van der Waals surface area contributed by atoms with Crippen LogP contribution in [0, 0.1) is 0 Å². The summed E-state index contributed by atoms with van der Waals surface area (Å²) in [6.45, 7) is 0.384. The van der Waals surface area contributed by atoms with Gasteiger partial charge in [-0.3, -0.25) is 9.78 Å². The molecular formula is C14H12F3N3O. The molecule has 0 atom stereocenters. The third kappa shape index (κ3) is 3.79. The second-order valence-corrected chi connectivity index (χ2v) is 4.29. The molecule has 2 rings (SSSR count). The van der Waals surface area contributed by atoms with E-state index in [4.69, 9.17) is 5.73 Å². The van der Waals surface area contributed by atoms with Crippen LogP contribution in [0.15, 0.2) is 42.6 Å². The fourth-order valence-electron chi connectivity index (χ4n) is 1.62. The lowest BCUT2D eigenvalue weighted by Gasteiger charge is -2.08. The smallest absolute Gasteiger partial charge is 0.326 e. The number of nitrogens with zero attached hydrogens (tertiary/aromatic N) is 1. The average Bonchev–Trinajstić information content (AvgIpc) is 2.47. The van der Waals surface area contributed by atoms with Crippen LogP contribution in [0.5, 0.6) is 0 Å². The molecule has 1 amide bonds. The van der Waals surface area contributed by atoms with Gasteiger partial charge in [0.2, 0.25) is 0 Å². The number of carbonyl (C=O) groups is 1. The first-order chi connectivity index (χ1) is 9.90. The Morgan fingerprint density at radius 2 is 1.81 bits per heavy atom. The number of halogens is 3. The fourth-order valence-corrected chi connectivity index (χ4v) is 1.62. The number of rotatable bonds is 3. The van der Waals surface area contributed by atoms with Gasteiger partial charge in [-0.1, -0.05) is 12.1 Å². The number of benzene rings is 1. The highest BCUT2D eigenvalue weighted by molar-refractivity contribution is 6.02. The molecule has 0 spiro atoms. The summed E-state index contributed by atoms with van der Waals surface area (Å²) < 4.78 is 37.2. The Morgan fingerprint density at radius 3 is 2.29 bits per heavy atom. The van der Waals surface area contributed by atoms with E-state index in [0.29, 0.717) is 18.4 Å². The summed E-state index contributed by atoms with van der Waals surface area (Å²) in [6, 6.07) is 8.66. The van der Waals surface area contributed by atoms with Gasteiger partial charge >= 0.3 is 6.18 Å². The van der Waals surface area contributed by atoms with Crippen LogP contribution in [0.2, 0.25) is 0 Å². The average molecular weight is 295 g/mol. The van der Waals surface area contributed by atoms with Crippen LogP contribution in [0.3, 0.4) is 0 Å². The second kappa shape index (κ2) is 5.92. The van der Waals surface area contributed by atoms with Crippen molar-refractivity contribution in [1.82, 2.24) is 4.98 Å². The molecule has 0 aliphatic carbocycles. The van der Waals surface area contributed by atoms with E-state index >= 15 is 0 Å². The van der Waals surface area contributed by atoms with Crippen LogP contribution in [-0.4, -0.2) is 10.9 Å². The lowest BCUT2D eigenvalue weighted by atomic mass is 10.2. The van der Waals surface area contributed by atoms with Crippen molar-refractivity contribution < 1.29 is 18.0 Å². The number of carbonyl (C=O) groups excluding carboxylic acids is 1. The van der Waals surface area contributed by atoms with Crippen LogP contribution >= 0.6 is 0 Å². The van der Waals surface area contributed by atoms with Crippen LogP contribution in [0.4, 0.5) is 18.9 Å². The van der Waals surface area contributed by atoms with Gasteiger partial charge in [0.25, 0.3) is 5.91 Å². The van der Waals surface area contributed by atoms with Gasteiger partial charge in [-0.2, -0.15) is 13.2 Å². The number of hydrogen-bond acceptors (Lipinski definition) is 3. The topological polar surface area (TPSA) is 68.0 Å². The minimum Gasteiger partial charge on any atom is -0.326 e. The highest BCUT2D eigenvalue weighted by Gasteiger charge is 2.30. The standard InChI is InChI=1S/C14H12F3N3O/c15-14(16,17)10-3-6-12(19-8-10)13(21)20-11-4-1-9(7-18)2-5-11/h1-6,8H,7,18H2,(H,20,21). The molecule has 0 bridgehead atoms. The maximum absolute atomic E-state index is 12.4. The first kappa shape index (κ1) is 15.0. The van der Waals surface area contributed by atoms with Gasteiger partial charge in [-0.15, -0.1) is 0 Å². The molecule has 110 valence electrons. The number of nitrogens with two attached hydrogens (primary N) is 1. The van der Waals surface area contributed by atoms with Crippen LogP contribution < -0.4 is 11.1 Å². The summed E-state index contributed by atoms with van der Waals surface area (Å²) in [6.07, 6.45) is -3.84. The first-order valence-corrected chi connectivity index (χ1v) is 6.04. The van der Waals surface area contributed by atoms with Gasteiger partial charge in [0.05, 0.1) is 5.56 Å². The highest BCUT2D eigenvalue weighted by atomic mass is 19.4. The van der Waals surface area contributed by atoms with Gasteiger partial charge in [-0.25, -0.2) is 0 Å². The molecule has 0 aliphatic rings. The largest absolute Gasteiger partial charge is 0.417 e. The Hall–Kier alpha value is -2.41. The van der Waals surface area contributed by atoms with E-state index in [1.54, 1.807) is 24.3 Å². The molecule has 21 heavy (non-hydrogen) atoms. The number of anilines is 1. The molecule has 0 fully saturated rings. The molecule has 0 aliphatic heterocycles. The van der Waals surface area contributed by atoms with Gasteiger partial charge in [0.1, 0.15) is 5.69 Å². The molecule has 1 aromatic heterocycles. The maximum Gasteiger partial charge on any atom is 0.417 e. The summed E-state index contributed by atoms with van der Waals surface area (Å²) in [4.78, 5) is 15.4. The molecule has 0 saturated heterocycles. The second-order valence-electron chi connectivity index (χ2n) is 4.29. The molecule has 0 unspecified atom stereocenters. The Bertz CT molecular complexity index is 621. The van der Waals surface area contributed by atoms with Crippen molar-refractivity contribution >= 4 is 11.6 Å². The number of amides is 1. The van der Waals surface area contributed by atoms with Gasteiger partial charge in [0, 0.05) is 18.4 Å². The number of hydrogen-bond donors (Lipinski definition) is 2. The van der Waals surface area contributed by atoms with E-state index in [-0.39, 0.29) is 5.69 Å². The minimum absolute atomic E-state index is 0.0918. The molecule has 4 nitrogen and oxygen atoms in total. The van der Waals surface area contributed by atoms with Crippen molar-refractivity contribution in [3.8, 4) is 0 Å². The van der Waals surface area contributed by atoms with Crippen LogP contribution in [0.1, 0.15) is 21.6 Å². The van der Waals surface area contributed by atoms with E-state index in [9.17, 15) is 18.0 Å². The molecule has 7 heteroatoms. The lowest BCUT2D eigenvalue weighted by molar-refractivity contribution is -0.137. The summed E-state index contributed by atoms with van der Waals surface area (Å²) in [5.74, 6) is -0.579. The van der Waals surface area contributed by atoms with E-state index in [1.807, 2.05) is 0 Å². The maximum atomic E-state index is 12.4. The molecule has 3 N–H and O–H groups in total. The van der Waals surface area contributed by atoms with Gasteiger partial charge < -0.3 is 11.1 Å². The number of aromatic nitrogens is 1. The van der Waals surface area contributed by atoms with Crippen molar-refractivity contribution in [1.29, 1.82) is 0 Å². The lowest BCUT2D eigenvalue weighted by Crippen LogP contribution is -2.15. The van der Waals surface area contributed by atoms with Gasteiger partial charge in [-0.05, 0) is 29.8 Å². The molecule has 0 saturated carbocycles. The molecular weight excluding hydrogens is 283 g/mol. The summed E-state index contributed by atoms with van der Waals surface area (Å²) in [5.41, 5.74) is 5.88. The zero-order chi connectivity index (χ0) is 15.5. The fraction of sp³-hybridized carbons (Fsp3) is 0.143. The van der Waals surface area contributed by atoms with Crippen molar-refractivity contribution in [2.24, 2.45) is 5.73 Å². The predicted octanol–water partition coefficient (Wildman–Crippen LogP) is 2.81. The van der Waals surface area contributed by atoms with Crippen LogP contribution in [0.25, 0.3) is 0 Å². The third-order valence-corrected chi connectivity index (χ3v) is 2.77. The Kier molecular flexibility index (Phi) is 4.23. The number of pyridine rings is 1. The number of alkyl halides is 3. The molecule has 0 radical (unpaired) electrons. The van der Waals surface area contributed by atoms with E-state index in [2.05, 4.69) is 10.3 Å². The Balaban J connectivity index is 2.09. The highest BCUT2D eigenvalue weighted by Crippen LogP contribution is 2.28. The van der Waals surface area contributed by atoms with Crippen molar-refractivity contribution in [3.63, 3.8) is 0 Å². The molecule has 2 aromatic rings. The minimum atomic E-state index is -4.47. The summed E-state index contributed by atoms with van der Waals surface area (Å²) in [5, 5.41) is 2.54. The normalized spacial score (nSPS) is 11.2. The van der Waals surface area contributed by atoms with Crippen molar-refractivity contribution in [2.75, 3.05) is 5.32 Å². The van der Waals surface area contributed by atoms with E-state index < -0.39 is 17.6 Å². The SMILES string of the molecule is NCc1ccc(NC(=O)c2ccc(C(F)(F)F)cn2)cc1. The van der Waals surface area contributed by atoms with E-state index in [1.165, 1.54) is 0 Å². The van der Waals surface area contributed by atoms with Gasteiger partial charge in [0.15, 0.2) is 0 Å². The zero-order valence-corrected chi connectivity index (χ0v) is 10.8. The van der Waals surface area contributed by atoms with Crippen molar-refractivity contribution in [2.45, 2.75) is 12.7 Å². The summed E-state index contributed by atoms with van der Waals surface area (Å²) >= 11 is 0. The monoisotopic (exact) mass is 295 g/mol. The van der Waals surface area contributed by atoms with Crippen LogP contribution in [-0.2, 0) is 12.7 Å². The summed E-state index contributed by atoms with van der Waals surface area (Å²) in [7, 11) is 0. The Labute approximate surface area is 118 Å². The van der Waals surface area contributed by atoms with Crippen molar-refractivity contribution in [3.05, 3.63) is 59.4 Å². The zero-order valence-electron chi connectivity index (χ0n) is 10.8. The Morgan fingerprint density at radius 1 is 1.14 bits per heavy atom. The van der Waals surface area contributed by atoms with E-state index in [0.717, 1.165) is 17.7 Å². The molecule has 1 aromatic carbocycles.